The van der Waals surface area contributed by atoms with Gasteiger partial charge in [0, 0.05) is 58.5 Å². The molecule has 0 spiro atoms. The first-order chi connectivity index (χ1) is 37.6. The van der Waals surface area contributed by atoms with Crippen molar-refractivity contribution < 1.29 is 76.9 Å². The number of carbonyl (C=O) groups excluding carboxylic acids is 7. The van der Waals surface area contributed by atoms with E-state index >= 15 is 0 Å². The number of methoxy groups -OCH3 is 3. The van der Waals surface area contributed by atoms with Crippen LogP contribution in [0.15, 0.2) is 77.9 Å². The summed E-state index contributed by atoms with van der Waals surface area (Å²) in [4.78, 5) is 98.1. The molecule has 5 rings (SSSR count). The summed E-state index contributed by atoms with van der Waals surface area (Å²) in [6.07, 6.45) is 9.76. The van der Waals surface area contributed by atoms with Crippen LogP contribution >= 0.6 is 0 Å². The third-order valence-corrected chi connectivity index (χ3v) is 16.5. The van der Waals surface area contributed by atoms with E-state index in [0.29, 0.717) is 69.8 Å². The second-order valence-electron chi connectivity index (χ2n) is 22.7. The molecule has 438 valence electrons. The van der Waals surface area contributed by atoms with E-state index in [2.05, 4.69) is 0 Å². The Hall–Kier alpha value is -5.17. The van der Waals surface area contributed by atoms with E-state index < -0.39 is 108 Å². The molecule has 3 aliphatic heterocycles. The highest BCUT2D eigenvalue weighted by Gasteiger charge is 2.53. The monoisotopic (exact) mass is 1100 g/mol. The van der Waals surface area contributed by atoms with Gasteiger partial charge in [-0.25, -0.2) is 4.79 Å². The molecular formula is C62H89NO16. The van der Waals surface area contributed by atoms with Gasteiger partial charge in [-0.05, 0) is 113 Å². The van der Waals surface area contributed by atoms with E-state index in [-0.39, 0.29) is 62.2 Å². The summed E-state index contributed by atoms with van der Waals surface area (Å²) in [5.41, 5.74) is 2.05. The molecule has 3 fully saturated rings. The van der Waals surface area contributed by atoms with Crippen LogP contribution < -0.4 is 0 Å². The van der Waals surface area contributed by atoms with Crippen LogP contribution in [0.3, 0.4) is 0 Å². The minimum atomic E-state index is -2.47. The molecule has 0 unspecified atom stereocenters. The molecule has 1 aromatic carbocycles. The lowest BCUT2D eigenvalue weighted by Crippen LogP contribution is -2.61. The zero-order chi connectivity index (χ0) is 58.0. The van der Waals surface area contributed by atoms with Crippen LogP contribution in [0.25, 0.3) is 0 Å². The molecule has 0 radical (unpaired) electrons. The van der Waals surface area contributed by atoms with Crippen LogP contribution in [0.5, 0.6) is 0 Å². The third-order valence-electron chi connectivity index (χ3n) is 16.5. The lowest BCUT2D eigenvalue weighted by molar-refractivity contribution is -0.265. The highest BCUT2D eigenvalue weighted by atomic mass is 16.6. The van der Waals surface area contributed by atoms with E-state index in [1.807, 2.05) is 81.5 Å². The highest BCUT2D eigenvalue weighted by Crippen LogP contribution is 2.38. The van der Waals surface area contributed by atoms with Crippen molar-refractivity contribution in [3.05, 3.63) is 83.5 Å². The van der Waals surface area contributed by atoms with Gasteiger partial charge in [-0.2, -0.15) is 0 Å². The van der Waals surface area contributed by atoms with Gasteiger partial charge < -0.3 is 48.3 Å². The SMILES string of the molecule is CO[C@H]1C[C@@H]2CC[C@@H](C)[C@@](O)(O2)C(=O)C(=O)N2CCCC[C@H]2C(=O)O[C@H]([C@H](C)C[C@@H]2CC[C@@H](OC(=O)CCC(=O)OCc3ccccc3)[C@H](OC)C2)CC(=O)[C@H](C)/C=C(\C)[C@@H](O)[C@@H](OC)C(=O)[C@H](C)C[C@H](C)/C=C/C=C/C=C/1C. The van der Waals surface area contributed by atoms with Gasteiger partial charge in [0.15, 0.2) is 5.78 Å². The number of allylic oxidation sites excluding steroid dienone is 6. The number of ketones is 3. The van der Waals surface area contributed by atoms with E-state index in [1.165, 1.54) is 19.1 Å². The van der Waals surface area contributed by atoms with Crippen molar-refractivity contribution in [3.63, 3.8) is 0 Å². The summed E-state index contributed by atoms with van der Waals surface area (Å²) in [5, 5.41) is 23.6. The molecule has 79 heavy (non-hydrogen) atoms. The van der Waals surface area contributed by atoms with Crippen molar-refractivity contribution in [2.24, 2.45) is 35.5 Å². The van der Waals surface area contributed by atoms with Crippen LogP contribution in [0.4, 0.5) is 0 Å². The van der Waals surface area contributed by atoms with Crippen molar-refractivity contribution in [2.45, 2.75) is 200 Å². The molecule has 1 aliphatic carbocycles. The molecule has 0 aromatic heterocycles. The summed E-state index contributed by atoms with van der Waals surface area (Å²) >= 11 is 0. The first kappa shape index (κ1) is 64.6. The molecule has 1 amide bonds. The van der Waals surface area contributed by atoms with Crippen LogP contribution in [0.1, 0.15) is 144 Å². The van der Waals surface area contributed by atoms with E-state index in [9.17, 15) is 43.8 Å². The number of fused-ring (bicyclic) bond motifs is 3. The predicted molar refractivity (Wildman–Crippen MR) is 294 cm³/mol. The fourth-order valence-electron chi connectivity index (χ4n) is 11.5. The van der Waals surface area contributed by atoms with Gasteiger partial charge in [0.1, 0.15) is 42.8 Å². The molecular weight excluding hydrogens is 1010 g/mol. The largest absolute Gasteiger partial charge is 0.461 e. The standard InChI is InChI=1S/C62H89NO16/c1-38-19-13-11-14-20-39(2)51(73-8)35-47-26-24-44(7)62(72,79-47)59(69)60(70)63-30-18-17-23-48(63)61(71)78-52(36-49(64)40(3)32-43(6)57(68)58(75-10)56(67)42(5)31-38)41(4)33-46-25-27-50(53(34-46)74-9)77-55(66)29-28-54(65)76-37-45-21-15-12-16-22-45/h11-16,19-22,32,38,40-42,44,46-48,50-53,57-58,68,72H,17-18,23-31,33-37H2,1-10H3/b14-11+,19-13+,39-20+,43-32+/t38-,40-,41-,42-,44-,46+,47+,48+,50-,51+,52+,53-,57-,58+,62-/m1/s1. The maximum absolute atomic E-state index is 14.6. The van der Waals surface area contributed by atoms with Gasteiger partial charge in [-0.3, -0.25) is 28.8 Å². The van der Waals surface area contributed by atoms with Crippen molar-refractivity contribution in [3.8, 4) is 0 Å². The molecule has 2 saturated heterocycles. The lowest BCUT2D eigenvalue weighted by Gasteiger charge is -2.42. The first-order valence-corrected chi connectivity index (χ1v) is 28.5. The molecule has 4 aliphatic rings. The summed E-state index contributed by atoms with van der Waals surface area (Å²) < 4.78 is 41.0. The fraction of sp³-hybridized carbons (Fsp3) is 0.661. The van der Waals surface area contributed by atoms with Crippen LogP contribution in [-0.4, -0.2) is 139 Å². The van der Waals surface area contributed by atoms with Crippen LogP contribution in [0.2, 0.25) is 0 Å². The molecule has 3 heterocycles. The van der Waals surface area contributed by atoms with Crippen molar-refractivity contribution in [2.75, 3.05) is 27.9 Å². The normalized spacial score (nSPS) is 35.1. The minimum absolute atomic E-state index is 0.00748. The lowest BCUT2D eigenvalue weighted by atomic mass is 9.78. The number of carbonyl (C=O) groups is 7. The van der Waals surface area contributed by atoms with Gasteiger partial charge >= 0.3 is 17.9 Å². The average Bonchev–Trinajstić information content (AvgIpc) is 3.44. The van der Waals surface area contributed by atoms with Crippen LogP contribution in [0, 0.1) is 35.5 Å². The summed E-state index contributed by atoms with van der Waals surface area (Å²) in [5.74, 6) is -9.63. The van der Waals surface area contributed by atoms with Crippen LogP contribution in [-0.2, 0) is 73.3 Å². The summed E-state index contributed by atoms with van der Waals surface area (Å²) in [7, 11) is 4.47. The second-order valence-corrected chi connectivity index (χ2v) is 22.7. The van der Waals surface area contributed by atoms with Crippen molar-refractivity contribution in [1.29, 1.82) is 0 Å². The molecule has 17 nitrogen and oxygen atoms in total. The maximum atomic E-state index is 14.6. The zero-order valence-corrected chi connectivity index (χ0v) is 48.3. The van der Waals surface area contributed by atoms with E-state index in [1.54, 1.807) is 40.9 Å². The third kappa shape index (κ3) is 18.4. The Kier molecular flexibility index (Phi) is 25.5. The van der Waals surface area contributed by atoms with E-state index in [4.69, 9.17) is 33.2 Å². The number of aliphatic hydroxyl groups excluding tert-OH is 1. The van der Waals surface area contributed by atoms with Gasteiger partial charge in [-0.1, -0.05) is 101 Å². The summed E-state index contributed by atoms with van der Waals surface area (Å²) in [6, 6.07) is 8.03. The maximum Gasteiger partial charge on any atom is 0.329 e. The molecule has 17 heteroatoms. The van der Waals surface area contributed by atoms with Gasteiger partial charge in [-0.15, -0.1) is 0 Å². The number of Topliss-reactive ketones (excluding diaryl/α,β-unsaturated/α-hetero) is 3. The smallest absolute Gasteiger partial charge is 0.329 e. The molecule has 2 bridgehead atoms. The Labute approximate surface area is 467 Å². The number of cyclic esters (lactones) is 1. The number of rotatable bonds is 12. The number of benzene rings is 1. The quantitative estimate of drug-likeness (QED) is 0.0869. The zero-order valence-electron chi connectivity index (χ0n) is 48.3. The number of amides is 1. The molecule has 2 N–H and O–H groups in total. The number of aliphatic hydroxyl groups is 2. The highest BCUT2D eigenvalue weighted by molar-refractivity contribution is 6.39. The van der Waals surface area contributed by atoms with Gasteiger partial charge in [0.05, 0.1) is 31.2 Å². The Morgan fingerprint density at radius 1 is 0.810 bits per heavy atom. The first-order valence-electron chi connectivity index (χ1n) is 28.5. The predicted octanol–water partition coefficient (Wildman–Crippen LogP) is 8.26. The van der Waals surface area contributed by atoms with Gasteiger partial charge in [0.2, 0.25) is 5.79 Å². The topological polar surface area (TPSA) is 228 Å². The number of nitrogens with zero attached hydrogens (tertiary/aromatic N) is 1. The number of hydrogen-bond acceptors (Lipinski definition) is 16. The fourth-order valence-corrected chi connectivity index (χ4v) is 11.5. The minimum Gasteiger partial charge on any atom is -0.461 e. The Morgan fingerprint density at radius 2 is 1.53 bits per heavy atom. The molecule has 1 saturated carbocycles. The Balaban J connectivity index is 1.38. The number of esters is 3. The van der Waals surface area contributed by atoms with E-state index in [0.717, 1.165) is 11.1 Å². The average molecular weight is 1100 g/mol. The van der Waals surface area contributed by atoms with Gasteiger partial charge in [0.25, 0.3) is 11.7 Å². The number of piperidine rings is 1. The Morgan fingerprint density at radius 3 is 2.23 bits per heavy atom. The van der Waals surface area contributed by atoms with Crippen molar-refractivity contribution >= 4 is 41.2 Å². The second kappa shape index (κ2) is 31.2. The number of hydrogen-bond donors (Lipinski definition) is 2. The molecule has 1 aromatic rings. The number of ether oxygens (including phenoxy) is 7. The Bertz CT molecular complexity index is 2340. The molecule has 15 atom stereocenters. The van der Waals surface area contributed by atoms with Crippen molar-refractivity contribution in [1.82, 2.24) is 4.90 Å². The summed E-state index contributed by atoms with van der Waals surface area (Å²) in [6.45, 7) is 12.7.